The van der Waals surface area contributed by atoms with Crippen LogP contribution in [0.2, 0.25) is 0 Å². The van der Waals surface area contributed by atoms with E-state index in [1.54, 1.807) is 0 Å². The van der Waals surface area contributed by atoms with Gasteiger partial charge in [-0.15, -0.1) is 0 Å². The summed E-state index contributed by atoms with van der Waals surface area (Å²) in [6, 6.07) is 20.4. The standard InChI is InChI=1S/C21H22N2OS/c1-3-16-8-10-17(11-9-16)15(2)22-20(24)14-25-21-13-12-18-6-4-5-7-19(18)23-21/h4-13,15H,3,14H2,1-2H3,(H,22,24). The van der Waals surface area contributed by atoms with E-state index < -0.39 is 0 Å². The monoisotopic (exact) mass is 350 g/mol. The second kappa shape index (κ2) is 8.17. The Bertz CT molecular complexity index is 861. The van der Waals surface area contributed by atoms with Gasteiger partial charge in [0.25, 0.3) is 0 Å². The molecule has 1 atom stereocenters. The quantitative estimate of drug-likeness (QED) is 0.651. The number of benzene rings is 2. The lowest BCUT2D eigenvalue weighted by Crippen LogP contribution is -2.28. The van der Waals surface area contributed by atoms with E-state index >= 15 is 0 Å². The van der Waals surface area contributed by atoms with Crippen LogP contribution in [-0.4, -0.2) is 16.6 Å². The lowest BCUT2D eigenvalue weighted by atomic mass is 10.1. The highest BCUT2D eigenvalue weighted by atomic mass is 32.2. The molecule has 4 heteroatoms. The fourth-order valence-electron chi connectivity index (χ4n) is 2.68. The number of pyridine rings is 1. The number of fused-ring (bicyclic) bond motifs is 1. The summed E-state index contributed by atoms with van der Waals surface area (Å²) < 4.78 is 0. The van der Waals surface area contributed by atoms with Crippen molar-refractivity contribution in [1.29, 1.82) is 0 Å². The van der Waals surface area contributed by atoms with Crippen molar-refractivity contribution >= 4 is 28.6 Å². The summed E-state index contributed by atoms with van der Waals surface area (Å²) in [5, 5.41) is 5.03. The molecular weight excluding hydrogens is 328 g/mol. The Labute approximate surface area is 152 Å². The molecule has 0 bridgehead atoms. The average molecular weight is 350 g/mol. The molecule has 3 nitrogen and oxygen atoms in total. The highest BCUT2D eigenvalue weighted by Gasteiger charge is 2.10. The number of hydrogen-bond acceptors (Lipinski definition) is 3. The van der Waals surface area contributed by atoms with Gasteiger partial charge >= 0.3 is 0 Å². The van der Waals surface area contributed by atoms with Gasteiger partial charge in [-0.2, -0.15) is 0 Å². The molecule has 0 aliphatic rings. The summed E-state index contributed by atoms with van der Waals surface area (Å²) in [6.07, 6.45) is 1.02. The first-order chi connectivity index (χ1) is 12.2. The van der Waals surface area contributed by atoms with Crippen LogP contribution in [0.4, 0.5) is 0 Å². The number of carbonyl (C=O) groups excluding carboxylic acids is 1. The maximum absolute atomic E-state index is 12.2. The van der Waals surface area contributed by atoms with Crippen LogP contribution in [0.5, 0.6) is 0 Å². The van der Waals surface area contributed by atoms with Crippen molar-refractivity contribution in [2.75, 3.05) is 5.75 Å². The average Bonchev–Trinajstić information content (AvgIpc) is 2.66. The number of carbonyl (C=O) groups is 1. The van der Waals surface area contributed by atoms with Crippen LogP contribution in [0.15, 0.2) is 65.7 Å². The van der Waals surface area contributed by atoms with Crippen LogP contribution in [-0.2, 0) is 11.2 Å². The molecule has 0 spiro atoms. The van der Waals surface area contributed by atoms with Crippen LogP contribution >= 0.6 is 11.8 Å². The molecule has 0 saturated carbocycles. The molecule has 1 N–H and O–H groups in total. The van der Waals surface area contributed by atoms with Crippen molar-refractivity contribution in [3.8, 4) is 0 Å². The predicted octanol–water partition coefficient (Wildman–Crippen LogP) is 4.77. The van der Waals surface area contributed by atoms with Crippen molar-refractivity contribution in [2.45, 2.75) is 31.3 Å². The van der Waals surface area contributed by atoms with Crippen molar-refractivity contribution in [1.82, 2.24) is 10.3 Å². The third kappa shape index (κ3) is 4.60. The van der Waals surface area contributed by atoms with E-state index in [2.05, 4.69) is 41.5 Å². The van der Waals surface area contributed by atoms with Gasteiger partial charge in [0, 0.05) is 5.39 Å². The number of amides is 1. The van der Waals surface area contributed by atoms with Crippen LogP contribution in [0.1, 0.15) is 31.0 Å². The number of aryl methyl sites for hydroxylation is 1. The molecule has 1 amide bonds. The van der Waals surface area contributed by atoms with Crippen LogP contribution in [0.3, 0.4) is 0 Å². The zero-order valence-corrected chi connectivity index (χ0v) is 15.3. The molecule has 3 aromatic rings. The second-order valence-electron chi connectivity index (χ2n) is 6.02. The summed E-state index contributed by atoms with van der Waals surface area (Å²) >= 11 is 1.46. The SMILES string of the molecule is CCc1ccc(C(C)NC(=O)CSc2ccc3ccccc3n2)cc1. The van der Waals surface area contributed by atoms with E-state index in [0.717, 1.165) is 27.9 Å². The minimum Gasteiger partial charge on any atom is -0.349 e. The lowest BCUT2D eigenvalue weighted by molar-refractivity contribution is -0.119. The largest absolute Gasteiger partial charge is 0.349 e. The molecule has 2 aromatic carbocycles. The zero-order chi connectivity index (χ0) is 17.6. The second-order valence-corrected chi connectivity index (χ2v) is 7.01. The Balaban J connectivity index is 1.55. The molecular formula is C21H22N2OS. The Morgan fingerprint density at radius 1 is 1.08 bits per heavy atom. The van der Waals surface area contributed by atoms with Gasteiger partial charge in [-0.05, 0) is 36.6 Å². The first kappa shape index (κ1) is 17.5. The zero-order valence-electron chi connectivity index (χ0n) is 14.5. The van der Waals surface area contributed by atoms with Gasteiger partial charge in [-0.3, -0.25) is 4.79 Å². The minimum absolute atomic E-state index is 0.00330. The topological polar surface area (TPSA) is 42.0 Å². The molecule has 0 saturated heterocycles. The minimum atomic E-state index is 0.00330. The van der Waals surface area contributed by atoms with Gasteiger partial charge < -0.3 is 5.32 Å². The Morgan fingerprint density at radius 2 is 1.84 bits per heavy atom. The highest BCUT2D eigenvalue weighted by molar-refractivity contribution is 7.99. The van der Waals surface area contributed by atoms with Gasteiger partial charge in [-0.25, -0.2) is 4.98 Å². The van der Waals surface area contributed by atoms with Gasteiger partial charge in [-0.1, -0.05) is 67.2 Å². The fraction of sp³-hybridized carbons (Fsp3) is 0.238. The Hall–Kier alpha value is -2.33. The van der Waals surface area contributed by atoms with E-state index in [1.807, 2.05) is 43.3 Å². The summed E-state index contributed by atoms with van der Waals surface area (Å²) in [4.78, 5) is 16.8. The number of hydrogen-bond donors (Lipinski definition) is 1. The van der Waals surface area contributed by atoms with E-state index in [4.69, 9.17) is 0 Å². The molecule has 0 aliphatic heterocycles. The molecule has 3 rings (SSSR count). The maximum atomic E-state index is 12.2. The van der Waals surface area contributed by atoms with Gasteiger partial charge in [0.15, 0.2) is 0 Å². The van der Waals surface area contributed by atoms with Gasteiger partial charge in [0.2, 0.25) is 5.91 Å². The third-order valence-electron chi connectivity index (χ3n) is 4.19. The first-order valence-corrected chi connectivity index (χ1v) is 9.51. The number of aromatic nitrogens is 1. The van der Waals surface area contributed by atoms with Crippen molar-refractivity contribution in [2.24, 2.45) is 0 Å². The summed E-state index contributed by atoms with van der Waals surface area (Å²) in [7, 11) is 0. The van der Waals surface area contributed by atoms with E-state index in [1.165, 1.54) is 17.3 Å². The first-order valence-electron chi connectivity index (χ1n) is 8.52. The van der Waals surface area contributed by atoms with Gasteiger partial charge in [0.05, 0.1) is 22.3 Å². The van der Waals surface area contributed by atoms with Gasteiger partial charge in [0.1, 0.15) is 0 Å². The molecule has 1 unspecified atom stereocenters. The Kier molecular flexibility index (Phi) is 5.71. The van der Waals surface area contributed by atoms with E-state index in [0.29, 0.717) is 5.75 Å². The van der Waals surface area contributed by atoms with E-state index in [-0.39, 0.29) is 11.9 Å². The summed E-state index contributed by atoms with van der Waals surface area (Å²) in [5.74, 6) is 0.384. The van der Waals surface area contributed by atoms with Crippen molar-refractivity contribution < 1.29 is 4.79 Å². The molecule has 1 aromatic heterocycles. The number of thioether (sulfide) groups is 1. The summed E-state index contributed by atoms with van der Waals surface area (Å²) in [5.41, 5.74) is 3.39. The van der Waals surface area contributed by atoms with Crippen molar-refractivity contribution in [3.63, 3.8) is 0 Å². The Morgan fingerprint density at radius 3 is 2.60 bits per heavy atom. The van der Waals surface area contributed by atoms with Crippen molar-refractivity contribution in [3.05, 3.63) is 71.8 Å². The highest BCUT2D eigenvalue weighted by Crippen LogP contribution is 2.20. The number of para-hydroxylation sites is 1. The number of nitrogens with zero attached hydrogens (tertiary/aromatic N) is 1. The van der Waals surface area contributed by atoms with E-state index in [9.17, 15) is 4.79 Å². The molecule has 0 fully saturated rings. The number of rotatable bonds is 6. The van der Waals surface area contributed by atoms with Crippen LogP contribution < -0.4 is 5.32 Å². The molecule has 0 radical (unpaired) electrons. The smallest absolute Gasteiger partial charge is 0.230 e. The molecule has 128 valence electrons. The normalized spacial score (nSPS) is 12.1. The van der Waals surface area contributed by atoms with Crippen LogP contribution in [0, 0.1) is 0 Å². The van der Waals surface area contributed by atoms with Crippen LogP contribution in [0.25, 0.3) is 10.9 Å². The fourth-order valence-corrected chi connectivity index (χ4v) is 3.37. The summed E-state index contributed by atoms with van der Waals surface area (Å²) in [6.45, 7) is 4.15. The maximum Gasteiger partial charge on any atom is 0.230 e. The molecule has 1 heterocycles. The third-order valence-corrected chi connectivity index (χ3v) is 5.12. The molecule has 0 aliphatic carbocycles. The predicted molar refractivity (Wildman–Crippen MR) is 105 cm³/mol. The number of nitrogens with one attached hydrogen (secondary N) is 1. The lowest BCUT2D eigenvalue weighted by Gasteiger charge is -2.14. The molecule has 25 heavy (non-hydrogen) atoms.